The molecule has 0 radical (unpaired) electrons. The second-order valence-electron chi connectivity index (χ2n) is 7.74. The Morgan fingerprint density at radius 2 is 2.03 bits per heavy atom. The van der Waals surface area contributed by atoms with E-state index in [1.165, 1.54) is 18.0 Å². The standard InChI is InChI=1S/C21H24N2O4S2/c1-13-5-7-15(8-6-13)28-20-18-16(29(2,26)27)9-10-22-21(18)23-11-3-4-14(19(20)23)12-17(24)25/h5-8,14H,3-4,9-12H2,1-2H3,(H,24,25). The van der Waals surface area contributed by atoms with Crippen LogP contribution in [0.5, 0.6) is 0 Å². The van der Waals surface area contributed by atoms with Gasteiger partial charge in [-0.05, 0) is 31.9 Å². The summed E-state index contributed by atoms with van der Waals surface area (Å²) in [5.74, 6) is -0.978. The van der Waals surface area contributed by atoms with Gasteiger partial charge in [-0.15, -0.1) is 0 Å². The molecule has 0 spiro atoms. The highest BCUT2D eigenvalue weighted by molar-refractivity contribution is 8.00. The summed E-state index contributed by atoms with van der Waals surface area (Å²) >= 11 is 1.52. The summed E-state index contributed by atoms with van der Waals surface area (Å²) in [6.45, 7) is 3.20. The van der Waals surface area contributed by atoms with Gasteiger partial charge in [-0.1, -0.05) is 29.5 Å². The quantitative estimate of drug-likeness (QED) is 0.784. The van der Waals surface area contributed by atoms with Crippen molar-refractivity contribution < 1.29 is 18.3 Å². The van der Waals surface area contributed by atoms with Gasteiger partial charge in [0.1, 0.15) is 5.49 Å². The molecular formula is C21H24N2O4S2. The number of carboxylic acid groups (broad SMARTS) is 1. The lowest BCUT2D eigenvalue weighted by molar-refractivity contribution is -0.137. The molecule has 2 aliphatic rings. The van der Waals surface area contributed by atoms with Crippen molar-refractivity contribution in [1.82, 2.24) is 4.57 Å². The minimum atomic E-state index is -3.39. The molecule has 0 fully saturated rings. The third kappa shape index (κ3) is 3.88. The summed E-state index contributed by atoms with van der Waals surface area (Å²) in [5, 5.41) is 10.1. The van der Waals surface area contributed by atoms with Gasteiger partial charge in [0.05, 0.1) is 11.3 Å². The van der Waals surface area contributed by atoms with E-state index in [1.54, 1.807) is 0 Å². The second kappa shape index (κ2) is 7.65. The minimum absolute atomic E-state index is 0.0402. The molecule has 1 aromatic heterocycles. The highest BCUT2D eigenvalue weighted by atomic mass is 32.2. The van der Waals surface area contributed by atoms with E-state index in [0.29, 0.717) is 28.6 Å². The number of benzene rings is 1. The van der Waals surface area contributed by atoms with E-state index in [1.807, 2.05) is 31.2 Å². The Morgan fingerprint density at radius 1 is 1.31 bits per heavy atom. The first-order chi connectivity index (χ1) is 13.8. The van der Waals surface area contributed by atoms with Crippen LogP contribution in [-0.2, 0) is 21.2 Å². The van der Waals surface area contributed by atoms with Crippen molar-refractivity contribution >= 4 is 32.5 Å². The first-order valence-corrected chi connectivity index (χ1v) is 12.4. The lowest BCUT2D eigenvalue weighted by atomic mass is 9.93. The third-order valence-corrected chi connectivity index (χ3v) is 7.97. The van der Waals surface area contributed by atoms with E-state index in [2.05, 4.69) is 9.56 Å². The van der Waals surface area contributed by atoms with Gasteiger partial charge >= 0.3 is 5.97 Å². The number of sulfone groups is 1. The molecule has 154 valence electrons. The van der Waals surface area contributed by atoms with Crippen molar-refractivity contribution in [3.8, 4) is 0 Å². The molecule has 0 bridgehead atoms. The van der Waals surface area contributed by atoms with Crippen molar-refractivity contribution in [1.29, 1.82) is 0 Å². The molecular weight excluding hydrogens is 408 g/mol. The van der Waals surface area contributed by atoms with E-state index < -0.39 is 15.8 Å². The summed E-state index contributed by atoms with van der Waals surface area (Å²) < 4.78 is 27.2. The maximum Gasteiger partial charge on any atom is 0.304 e. The number of aryl methyl sites for hydroxylation is 1. The first-order valence-electron chi connectivity index (χ1n) is 9.72. The number of fused-ring (bicyclic) bond motifs is 3. The average molecular weight is 433 g/mol. The van der Waals surface area contributed by atoms with Gasteiger partial charge in [-0.2, -0.15) is 0 Å². The van der Waals surface area contributed by atoms with Gasteiger partial charge in [0.2, 0.25) is 0 Å². The van der Waals surface area contributed by atoms with Crippen LogP contribution < -0.4 is 10.7 Å². The van der Waals surface area contributed by atoms with Crippen LogP contribution in [0.3, 0.4) is 0 Å². The van der Waals surface area contributed by atoms with Crippen molar-refractivity contribution in [2.24, 2.45) is 4.99 Å². The summed E-state index contributed by atoms with van der Waals surface area (Å²) in [4.78, 5) is 18.5. The van der Waals surface area contributed by atoms with E-state index in [4.69, 9.17) is 0 Å². The maximum absolute atomic E-state index is 12.6. The SMILES string of the molecule is Cc1ccc(Sc2c3n(c4c2=C(S(C)(=O)=O)CCN=4)CCCC3CC(=O)O)cc1. The van der Waals surface area contributed by atoms with Gasteiger partial charge < -0.3 is 9.67 Å². The van der Waals surface area contributed by atoms with Crippen LogP contribution in [0.4, 0.5) is 0 Å². The number of aromatic nitrogens is 1. The van der Waals surface area contributed by atoms with Crippen LogP contribution in [0.2, 0.25) is 0 Å². The fourth-order valence-corrected chi connectivity index (χ4v) is 6.57. The molecule has 8 heteroatoms. The van der Waals surface area contributed by atoms with Crippen LogP contribution in [0.15, 0.2) is 39.0 Å². The van der Waals surface area contributed by atoms with Crippen LogP contribution in [0, 0.1) is 6.92 Å². The fourth-order valence-electron chi connectivity index (χ4n) is 4.28. The smallest absolute Gasteiger partial charge is 0.304 e. The predicted octanol–water partition coefficient (Wildman–Crippen LogP) is 2.48. The van der Waals surface area contributed by atoms with Crippen molar-refractivity contribution in [2.75, 3.05) is 12.8 Å². The van der Waals surface area contributed by atoms with E-state index in [0.717, 1.165) is 40.4 Å². The Balaban J connectivity index is 2.03. The van der Waals surface area contributed by atoms with Gasteiger partial charge in [-0.25, -0.2) is 8.42 Å². The molecule has 0 saturated heterocycles. The van der Waals surface area contributed by atoms with Crippen LogP contribution in [0.25, 0.3) is 4.91 Å². The number of aliphatic carboxylic acids is 1. The zero-order valence-corrected chi connectivity index (χ0v) is 18.1. The number of hydrogen-bond acceptors (Lipinski definition) is 5. The van der Waals surface area contributed by atoms with Crippen molar-refractivity contribution in [3.05, 3.63) is 46.2 Å². The molecule has 2 aliphatic heterocycles. The monoisotopic (exact) mass is 432 g/mol. The molecule has 1 unspecified atom stereocenters. The molecule has 4 rings (SSSR count). The normalized spacial score (nSPS) is 18.7. The number of rotatable bonds is 5. The second-order valence-corrected chi connectivity index (χ2v) is 10.9. The number of carbonyl (C=O) groups is 1. The Hall–Kier alpha value is -2.06. The Labute approximate surface area is 174 Å². The summed E-state index contributed by atoms with van der Waals surface area (Å²) in [6, 6.07) is 8.09. The summed E-state index contributed by atoms with van der Waals surface area (Å²) in [7, 11) is -3.39. The molecule has 1 atom stereocenters. The molecule has 6 nitrogen and oxygen atoms in total. The Kier molecular flexibility index (Phi) is 5.33. The largest absolute Gasteiger partial charge is 0.481 e. The first kappa shape index (κ1) is 20.2. The Bertz CT molecular complexity index is 1190. The van der Waals surface area contributed by atoms with E-state index >= 15 is 0 Å². The van der Waals surface area contributed by atoms with Crippen LogP contribution >= 0.6 is 11.8 Å². The lowest BCUT2D eigenvalue weighted by Gasteiger charge is -2.25. The van der Waals surface area contributed by atoms with Crippen LogP contribution in [0.1, 0.15) is 42.9 Å². The zero-order valence-electron chi connectivity index (χ0n) is 16.5. The summed E-state index contributed by atoms with van der Waals surface area (Å²) in [6.07, 6.45) is 3.33. The highest BCUT2D eigenvalue weighted by Gasteiger charge is 2.32. The summed E-state index contributed by atoms with van der Waals surface area (Å²) in [5.41, 5.74) is 2.79. The molecule has 29 heavy (non-hydrogen) atoms. The minimum Gasteiger partial charge on any atom is -0.481 e. The third-order valence-electron chi connectivity index (χ3n) is 5.54. The van der Waals surface area contributed by atoms with Crippen molar-refractivity contribution in [3.63, 3.8) is 0 Å². The Morgan fingerprint density at radius 3 is 2.69 bits per heavy atom. The molecule has 2 aromatic rings. The fraction of sp³-hybridized carbons (Fsp3) is 0.429. The predicted molar refractivity (Wildman–Crippen MR) is 112 cm³/mol. The highest BCUT2D eigenvalue weighted by Crippen LogP contribution is 2.38. The topological polar surface area (TPSA) is 88.7 Å². The van der Waals surface area contributed by atoms with Gasteiger partial charge in [0.15, 0.2) is 9.84 Å². The molecule has 0 saturated carbocycles. The van der Waals surface area contributed by atoms with Crippen LogP contribution in [-0.4, -0.2) is 36.9 Å². The van der Waals surface area contributed by atoms with Gasteiger partial charge in [-0.3, -0.25) is 9.79 Å². The van der Waals surface area contributed by atoms with Gasteiger partial charge in [0.25, 0.3) is 0 Å². The number of hydrogen-bond donors (Lipinski definition) is 1. The van der Waals surface area contributed by atoms with E-state index in [9.17, 15) is 18.3 Å². The maximum atomic E-state index is 12.6. The van der Waals surface area contributed by atoms with Gasteiger partial charge in [0, 0.05) is 52.4 Å². The average Bonchev–Trinajstić information content (AvgIpc) is 2.97. The molecule has 1 N–H and O–H groups in total. The van der Waals surface area contributed by atoms with E-state index in [-0.39, 0.29) is 12.3 Å². The van der Waals surface area contributed by atoms with Crippen molar-refractivity contribution in [2.45, 2.75) is 54.9 Å². The number of nitrogens with zero attached hydrogens (tertiary/aromatic N) is 2. The molecule has 0 aliphatic carbocycles. The zero-order chi connectivity index (χ0) is 20.8. The molecule has 0 amide bonds. The number of carboxylic acids is 1. The molecule has 3 heterocycles. The molecule has 1 aromatic carbocycles. The lowest BCUT2D eigenvalue weighted by Crippen LogP contribution is -2.37.